The number of carbonyl (C=O) groups excluding carboxylic acids is 3. The highest BCUT2D eigenvalue weighted by molar-refractivity contribution is 5.69. The molecule has 0 N–H and O–H groups in total. The van der Waals surface area contributed by atoms with E-state index < -0.39 is 0 Å². The Balaban J connectivity index is 0.000000770. The first-order valence-corrected chi connectivity index (χ1v) is 5.24. The van der Waals surface area contributed by atoms with Crippen LogP contribution in [-0.4, -0.2) is 19.2 Å². The molecule has 0 spiro atoms. The minimum atomic E-state index is -0.131. The molecule has 0 aliphatic rings. The van der Waals surface area contributed by atoms with Gasteiger partial charge in [-0.3, -0.25) is 4.79 Å². The number of benzene rings is 1. The van der Waals surface area contributed by atoms with Gasteiger partial charge in [-0.1, -0.05) is 37.3 Å². The van der Waals surface area contributed by atoms with Crippen molar-refractivity contribution in [2.45, 2.75) is 19.8 Å². The van der Waals surface area contributed by atoms with Crippen LogP contribution < -0.4 is 0 Å². The summed E-state index contributed by atoms with van der Waals surface area (Å²) in [4.78, 5) is 27.2. The van der Waals surface area contributed by atoms with Crippen LogP contribution in [0.4, 0.5) is 0 Å². The van der Waals surface area contributed by atoms with Crippen molar-refractivity contribution in [1.29, 1.82) is 0 Å². The average molecular weight is 236 g/mol. The van der Waals surface area contributed by atoms with Gasteiger partial charge in [0.1, 0.15) is 0 Å². The van der Waals surface area contributed by atoms with E-state index in [1.165, 1.54) is 12.7 Å². The lowest BCUT2D eigenvalue weighted by Crippen LogP contribution is -2.09. The van der Waals surface area contributed by atoms with Gasteiger partial charge < -0.3 is 4.74 Å². The molecule has 0 aliphatic heterocycles. The zero-order valence-corrected chi connectivity index (χ0v) is 10.0. The molecule has 1 aromatic rings. The summed E-state index contributed by atoms with van der Waals surface area (Å²) in [5.41, 5.74) is 1.27. The zero-order valence-electron chi connectivity index (χ0n) is 10.0. The lowest BCUT2D eigenvalue weighted by atomic mass is 9.98. The zero-order chi connectivity index (χ0) is 13.1. The Morgan fingerprint density at radius 1 is 1.29 bits per heavy atom. The molecule has 0 radical (unpaired) electrons. The van der Waals surface area contributed by atoms with E-state index in [9.17, 15) is 4.79 Å². The number of hydrogen-bond donors (Lipinski definition) is 0. The Bertz CT molecular complexity index is 353. The van der Waals surface area contributed by atoms with Gasteiger partial charge in [-0.15, -0.1) is 0 Å². The second kappa shape index (κ2) is 9.31. The summed E-state index contributed by atoms with van der Waals surface area (Å²) >= 11 is 0. The SMILES string of the molecule is COC(=O)CC(C)Cc1ccccc1.O=C=O. The summed E-state index contributed by atoms with van der Waals surface area (Å²) < 4.78 is 4.62. The topological polar surface area (TPSA) is 60.4 Å². The Kier molecular flexibility index (Phi) is 8.25. The minimum Gasteiger partial charge on any atom is -0.469 e. The molecule has 0 bridgehead atoms. The summed E-state index contributed by atoms with van der Waals surface area (Å²) in [7, 11) is 1.43. The van der Waals surface area contributed by atoms with Crippen molar-refractivity contribution in [2.75, 3.05) is 7.11 Å². The van der Waals surface area contributed by atoms with E-state index in [0.717, 1.165) is 6.42 Å². The molecule has 0 saturated carbocycles. The van der Waals surface area contributed by atoms with E-state index in [0.29, 0.717) is 12.3 Å². The minimum absolute atomic E-state index is 0.131. The predicted molar refractivity (Wildman–Crippen MR) is 61.0 cm³/mol. The molecule has 0 aromatic heterocycles. The second-order valence-electron chi connectivity index (χ2n) is 3.66. The predicted octanol–water partition coefficient (Wildman–Crippen LogP) is 1.84. The Hall–Kier alpha value is -1.93. The molecule has 1 rings (SSSR count). The molecule has 4 nitrogen and oxygen atoms in total. The van der Waals surface area contributed by atoms with E-state index in [1.807, 2.05) is 18.2 Å². The Morgan fingerprint density at radius 3 is 2.29 bits per heavy atom. The van der Waals surface area contributed by atoms with Crippen LogP contribution >= 0.6 is 0 Å². The fourth-order valence-corrected chi connectivity index (χ4v) is 1.46. The lowest BCUT2D eigenvalue weighted by molar-refractivity contribution is -0.191. The van der Waals surface area contributed by atoms with Crippen molar-refractivity contribution in [3.8, 4) is 0 Å². The summed E-state index contributed by atoms with van der Waals surface area (Å²) in [5.74, 6) is 0.207. The Morgan fingerprint density at radius 2 is 1.82 bits per heavy atom. The number of ether oxygens (including phenoxy) is 1. The summed E-state index contributed by atoms with van der Waals surface area (Å²) in [5, 5.41) is 0. The number of rotatable bonds is 4. The molecule has 0 heterocycles. The van der Waals surface area contributed by atoms with Crippen LogP contribution in [0.15, 0.2) is 30.3 Å². The monoisotopic (exact) mass is 236 g/mol. The van der Waals surface area contributed by atoms with E-state index in [4.69, 9.17) is 9.59 Å². The highest BCUT2D eigenvalue weighted by Crippen LogP contribution is 2.11. The molecule has 0 aliphatic carbocycles. The third-order valence-corrected chi connectivity index (χ3v) is 2.17. The fourth-order valence-electron chi connectivity index (χ4n) is 1.46. The van der Waals surface area contributed by atoms with Crippen LogP contribution in [0.1, 0.15) is 18.9 Å². The standard InChI is InChI=1S/C12H16O2.CO2/c1-10(9-12(13)14-2)8-11-6-4-3-5-7-11;2-1-3/h3-7,10H,8-9H2,1-2H3;. The van der Waals surface area contributed by atoms with Crippen LogP contribution in [0.25, 0.3) is 0 Å². The third kappa shape index (κ3) is 7.94. The molecule has 0 fully saturated rings. The van der Waals surface area contributed by atoms with Crippen LogP contribution in [0.5, 0.6) is 0 Å². The molecular weight excluding hydrogens is 220 g/mol. The first kappa shape index (κ1) is 15.1. The van der Waals surface area contributed by atoms with Gasteiger partial charge in [-0.25, -0.2) is 0 Å². The molecule has 0 amide bonds. The number of esters is 1. The fraction of sp³-hybridized carbons (Fsp3) is 0.385. The van der Waals surface area contributed by atoms with Gasteiger partial charge in [-0.05, 0) is 17.9 Å². The van der Waals surface area contributed by atoms with Crippen molar-refractivity contribution in [2.24, 2.45) is 5.92 Å². The molecule has 92 valence electrons. The van der Waals surface area contributed by atoms with E-state index in [2.05, 4.69) is 23.8 Å². The van der Waals surface area contributed by atoms with Crippen LogP contribution in [0, 0.1) is 5.92 Å². The Labute approximate surface area is 101 Å². The molecule has 1 atom stereocenters. The van der Waals surface area contributed by atoms with E-state index >= 15 is 0 Å². The summed E-state index contributed by atoms with van der Waals surface area (Å²) in [6, 6.07) is 10.2. The van der Waals surface area contributed by atoms with Crippen molar-refractivity contribution in [3.05, 3.63) is 35.9 Å². The molecule has 1 unspecified atom stereocenters. The summed E-state index contributed by atoms with van der Waals surface area (Å²) in [6.45, 7) is 2.06. The van der Waals surface area contributed by atoms with Gasteiger partial charge in [0.25, 0.3) is 0 Å². The molecule has 4 heteroatoms. The number of hydrogen-bond acceptors (Lipinski definition) is 4. The van der Waals surface area contributed by atoms with Crippen molar-refractivity contribution in [1.82, 2.24) is 0 Å². The van der Waals surface area contributed by atoms with Gasteiger partial charge in [0.15, 0.2) is 0 Å². The highest BCUT2D eigenvalue weighted by Gasteiger charge is 2.09. The van der Waals surface area contributed by atoms with Gasteiger partial charge in [0, 0.05) is 6.42 Å². The average Bonchev–Trinajstić information content (AvgIpc) is 2.31. The number of carbonyl (C=O) groups is 1. The molecule has 0 saturated heterocycles. The highest BCUT2D eigenvalue weighted by atomic mass is 16.5. The maximum absolute atomic E-state index is 11.0. The third-order valence-electron chi connectivity index (χ3n) is 2.17. The van der Waals surface area contributed by atoms with Crippen LogP contribution in [-0.2, 0) is 25.5 Å². The van der Waals surface area contributed by atoms with Gasteiger partial charge in [0.05, 0.1) is 7.11 Å². The normalized spacial score (nSPS) is 10.5. The quantitative estimate of drug-likeness (QED) is 0.748. The van der Waals surface area contributed by atoms with Crippen molar-refractivity contribution in [3.63, 3.8) is 0 Å². The van der Waals surface area contributed by atoms with Gasteiger partial charge in [0.2, 0.25) is 0 Å². The maximum Gasteiger partial charge on any atom is 0.373 e. The maximum atomic E-state index is 11.0. The first-order chi connectivity index (χ1) is 8.13. The van der Waals surface area contributed by atoms with Crippen LogP contribution in [0.3, 0.4) is 0 Å². The molecule has 17 heavy (non-hydrogen) atoms. The summed E-state index contributed by atoms with van der Waals surface area (Å²) in [6.07, 6.45) is 1.67. The van der Waals surface area contributed by atoms with E-state index in [-0.39, 0.29) is 12.1 Å². The number of methoxy groups -OCH3 is 1. The largest absolute Gasteiger partial charge is 0.469 e. The van der Waals surface area contributed by atoms with Crippen LogP contribution in [0.2, 0.25) is 0 Å². The van der Waals surface area contributed by atoms with Gasteiger partial charge >= 0.3 is 12.1 Å². The van der Waals surface area contributed by atoms with E-state index in [1.54, 1.807) is 0 Å². The molecular formula is C13H16O4. The van der Waals surface area contributed by atoms with Crippen molar-refractivity contribution >= 4 is 12.1 Å². The lowest BCUT2D eigenvalue weighted by Gasteiger charge is -2.09. The van der Waals surface area contributed by atoms with Crippen molar-refractivity contribution < 1.29 is 19.1 Å². The first-order valence-electron chi connectivity index (χ1n) is 5.24. The van der Waals surface area contributed by atoms with Gasteiger partial charge in [-0.2, -0.15) is 9.59 Å². The smallest absolute Gasteiger partial charge is 0.373 e. The second-order valence-corrected chi connectivity index (χ2v) is 3.66. The molecule has 1 aromatic carbocycles.